The minimum absolute atomic E-state index is 0.145. The Labute approximate surface area is 148 Å². The molecular formula is C18H27F3N2S. The van der Waals surface area contributed by atoms with Gasteiger partial charge in [-0.1, -0.05) is 27.7 Å². The van der Waals surface area contributed by atoms with Crippen LogP contribution in [0.2, 0.25) is 0 Å². The molecule has 0 aromatic heterocycles. The first-order chi connectivity index (χ1) is 11.4. The molecule has 136 valence electrons. The summed E-state index contributed by atoms with van der Waals surface area (Å²) >= 11 is 0.779. The molecular weight excluding hydrogens is 333 g/mol. The molecule has 2 rings (SSSR count). The third kappa shape index (κ3) is 7.14. The SMILES string of the molecule is CC.CC.CN1CCC(c2cc(SC#N)cc(C(F)(F)F)c2)CC1. The van der Waals surface area contributed by atoms with Gasteiger partial charge in [-0.05, 0) is 74.4 Å². The van der Waals surface area contributed by atoms with E-state index in [2.05, 4.69) is 4.90 Å². The maximum atomic E-state index is 12.9. The lowest BCUT2D eigenvalue weighted by molar-refractivity contribution is -0.137. The van der Waals surface area contributed by atoms with E-state index >= 15 is 0 Å². The van der Waals surface area contributed by atoms with Gasteiger partial charge in [-0.2, -0.15) is 18.4 Å². The molecule has 2 nitrogen and oxygen atoms in total. The summed E-state index contributed by atoms with van der Waals surface area (Å²) in [5.74, 6) is 0.145. The lowest BCUT2D eigenvalue weighted by Gasteiger charge is -2.29. The van der Waals surface area contributed by atoms with Crippen LogP contribution in [-0.2, 0) is 6.18 Å². The number of piperidine rings is 1. The fourth-order valence-corrected chi connectivity index (χ4v) is 2.96. The van der Waals surface area contributed by atoms with Crippen molar-refractivity contribution in [1.82, 2.24) is 4.90 Å². The van der Waals surface area contributed by atoms with Gasteiger partial charge < -0.3 is 4.90 Å². The predicted molar refractivity (Wildman–Crippen MR) is 95.1 cm³/mol. The fraction of sp³-hybridized carbons (Fsp3) is 0.611. The van der Waals surface area contributed by atoms with Crippen LogP contribution in [-0.4, -0.2) is 25.0 Å². The lowest BCUT2D eigenvalue weighted by atomic mass is 9.88. The van der Waals surface area contributed by atoms with Gasteiger partial charge in [0.2, 0.25) is 0 Å². The van der Waals surface area contributed by atoms with Crippen molar-refractivity contribution in [2.24, 2.45) is 0 Å². The summed E-state index contributed by atoms with van der Waals surface area (Å²) in [4.78, 5) is 2.55. The van der Waals surface area contributed by atoms with E-state index in [1.165, 1.54) is 6.07 Å². The highest BCUT2D eigenvalue weighted by molar-refractivity contribution is 8.03. The molecule has 1 heterocycles. The van der Waals surface area contributed by atoms with Gasteiger partial charge in [-0.15, -0.1) is 0 Å². The first kappa shape index (κ1) is 22.8. The number of thioether (sulfide) groups is 1. The van der Waals surface area contributed by atoms with E-state index in [4.69, 9.17) is 5.26 Å². The summed E-state index contributed by atoms with van der Waals surface area (Å²) < 4.78 is 38.8. The number of thiocyanates is 1. The summed E-state index contributed by atoms with van der Waals surface area (Å²) in [6.45, 7) is 9.78. The van der Waals surface area contributed by atoms with Crippen molar-refractivity contribution in [3.63, 3.8) is 0 Å². The number of halogens is 3. The average molecular weight is 360 g/mol. The Morgan fingerprint density at radius 3 is 2.08 bits per heavy atom. The Morgan fingerprint density at radius 1 is 1.08 bits per heavy atom. The summed E-state index contributed by atoms with van der Waals surface area (Å²) in [7, 11) is 2.01. The molecule has 6 heteroatoms. The zero-order chi connectivity index (χ0) is 18.8. The van der Waals surface area contributed by atoms with Gasteiger partial charge in [0, 0.05) is 4.90 Å². The van der Waals surface area contributed by atoms with Crippen molar-refractivity contribution in [3.8, 4) is 5.40 Å². The summed E-state index contributed by atoms with van der Waals surface area (Å²) in [5, 5.41) is 10.5. The Hall–Kier alpha value is -1.19. The van der Waals surface area contributed by atoms with Crippen molar-refractivity contribution in [3.05, 3.63) is 29.3 Å². The zero-order valence-electron chi connectivity index (χ0n) is 15.1. The van der Waals surface area contributed by atoms with Crippen LogP contribution in [0.25, 0.3) is 0 Å². The molecule has 0 saturated carbocycles. The molecule has 1 fully saturated rings. The number of likely N-dealkylation sites (tertiary alicyclic amines) is 1. The molecule has 0 radical (unpaired) electrons. The Bertz CT molecular complexity index is 516. The predicted octanol–water partition coefficient (Wildman–Crippen LogP) is 6.14. The second-order valence-corrected chi connectivity index (χ2v) is 5.92. The van der Waals surface area contributed by atoms with Crippen molar-refractivity contribution >= 4 is 11.8 Å². The van der Waals surface area contributed by atoms with Gasteiger partial charge in [0.1, 0.15) is 5.40 Å². The molecule has 1 aromatic rings. The summed E-state index contributed by atoms with van der Waals surface area (Å²) in [5.41, 5.74) is 0.0392. The molecule has 1 saturated heterocycles. The first-order valence-electron chi connectivity index (χ1n) is 8.37. The lowest BCUT2D eigenvalue weighted by Crippen LogP contribution is -2.29. The van der Waals surface area contributed by atoms with Gasteiger partial charge in [0.15, 0.2) is 0 Å². The number of nitrogens with zero attached hydrogens (tertiary/aromatic N) is 2. The van der Waals surface area contributed by atoms with Crippen molar-refractivity contribution < 1.29 is 13.2 Å². The summed E-state index contributed by atoms with van der Waals surface area (Å²) in [6, 6.07) is 4.00. The van der Waals surface area contributed by atoms with Gasteiger partial charge in [-0.25, -0.2) is 0 Å². The zero-order valence-corrected chi connectivity index (χ0v) is 15.9. The van der Waals surface area contributed by atoms with E-state index in [1.807, 2.05) is 40.1 Å². The van der Waals surface area contributed by atoms with E-state index in [-0.39, 0.29) is 5.92 Å². The van der Waals surface area contributed by atoms with Crippen LogP contribution in [0.5, 0.6) is 0 Å². The molecule has 0 unspecified atom stereocenters. The number of nitriles is 1. The molecule has 0 aliphatic carbocycles. The fourth-order valence-electron chi connectivity index (χ4n) is 2.48. The van der Waals surface area contributed by atoms with Gasteiger partial charge >= 0.3 is 6.18 Å². The highest BCUT2D eigenvalue weighted by atomic mass is 32.2. The topological polar surface area (TPSA) is 27.0 Å². The normalized spacial score (nSPS) is 15.5. The number of hydrogen-bond acceptors (Lipinski definition) is 3. The van der Waals surface area contributed by atoms with Gasteiger partial charge in [-0.3, -0.25) is 0 Å². The number of alkyl halides is 3. The standard InChI is InChI=1S/C14H15F3N2S.2C2H6/c1-19-4-2-10(3-5-19)11-6-12(14(15,16)17)8-13(7-11)20-9-18;2*1-2/h6-8,10H,2-5H2,1H3;2*1-2H3. The second kappa shape index (κ2) is 11.4. The molecule has 0 spiro atoms. The minimum atomic E-state index is -4.37. The molecule has 1 aliphatic rings. The van der Waals surface area contributed by atoms with Crippen molar-refractivity contribution in [1.29, 1.82) is 5.26 Å². The molecule has 0 atom stereocenters. The van der Waals surface area contributed by atoms with Crippen LogP contribution in [0.15, 0.2) is 23.1 Å². The molecule has 0 N–H and O–H groups in total. The molecule has 0 amide bonds. The maximum absolute atomic E-state index is 12.9. The Kier molecular flexibility index (Phi) is 10.8. The van der Waals surface area contributed by atoms with Crippen molar-refractivity contribution in [2.45, 2.75) is 57.5 Å². The highest BCUT2D eigenvalue weighted by Crippen LogP contribution is 2.37. The van der Waals surface area contributed by atoms with E-state index in [9.17, 15) is 13.2 Å². The average Bonchev–Trinajstić information content (AvgIpc) is 2.58. The summed E-state index contributed by atoms with van der Waals surface area (Å²) in [6.07, 6.45) is -2.66. The third-order valence-corrected chi connectivity index (χ3v) is 4.17. The number of hydrogen-bond donors (Lipinski definition) is 0. The molecule has 0 bridgehead atoms. The van der Waals surface area contributed by atoms with Crippen molar-refractivity contribution in [2.75, 3.05) is 20.1 Å². The van der Waals surface area contributed by atoms with Crippen LogP contribution in [0, 0.1) is 10.7 Å². The van der Waals surface area contributed by atoms with E-state index < -0.39 is 11.7 Å². The van der Waals surface area contributed by atoms with E-state index in [1.54, 1.807) is 6.07 Å². The molecule has 1 aliphatic heterocycles. The van der Waals surface area contributed by atoms with E-state index in [0.717, 1.165) is 43.8 Å². The Morgan fingerprint density at radius 2 is 1.62 bits per heavy atom. The number of benzene rings is 1. The second-order valence-electron chi connectivity index (χ2n) is 5.06. The van der Waals surface area contributed by atoms with Crippen LogP contribution in [0.1, 0.15) is 57.6 Å². The largest absolute Gasteiger partial charge is 0.416 e. The van der Waals surface area contributed by atoms with Gasteiger partial charge in [0.25, 0.3) is 0 Å². The molecule has 24 heavy (non-hydrogen) atoms. The maximum Gasteiger partial charge on any atom is 0.416 e. The van der Waals surface area contributed by atoms with Crippen LogP contribution >= 0.6 is 11.8 Å². The van der Waals surface area contributed by atoms with Crippen LogP contribution in [0.3, 0.4) is 0 Å². The highest BCUT2D eigenvalue weighted by Gasteiger charge is 2.32. The third-order valence-electron chi connectivity index (χ3n) is 3.61. The minimum Gasteiger partial charge on any atom is -0.306 e. The smallest absolute Gasteiger partial charge is 0.306 e. The molecule has 1 aromatic carbocycles. The first-order valence-corrected chi connectivity index (χ1v) is 9.18. The quantitative estimate of drug-likeness (QED) is 0.468. The van der Waals surface area contributed by atoms with Crippen LogP contribution < -0.4 is 0 Å². The van der Waals surface area contributed by atoms with Gasteiger partial charge in [0.05, 0.1) is 5.56 Å². The Balaban J connectivity index is 0.00000123. The van der Waals surface area contributed by atoms with Crippen LogP contribution in [0.4, 0.5) is 13.2 Å². The monoisotopic (exact) mass is 360 g/mol. The number of rotatable bonds is 2. The van der Waals surface area contributed by atoms with E-state index in [0.29, 0.717) is 10.5 Å².